The fourth-order valence-electron chi connectivity index (χ4n) is 4.85. The lowest BCUT2D eigenvalue weighted by Gasteiger charge is -2.44. The minimum atomic E-state index is -4.18. The summed E-state index contributed by atoms with van der Waals surface area (Å²) in [5.41, 5.74) is -0.132. The molecule has 3 aliphatic heterocycles. The molecule has 6 heterocycles. The molecule has 0 bridgehead atoms. The summed E-state index contributed by atoms with van der Waals surface area (Å²) < 4.78 is 81.6. The van der Waals surface area contributed by atoms with Crippen LogP contribution in [-0.2, 0) is 19.5 Å². The van der Waals surface area contributed by atoms with Gasteiger partial charge in [-0.15, -0.1) is 10.2 Å². The van der Waals surface area contributed by atoms with Crippen molar-refractivity contribution in [1.29, 1.82) is 0 Å². The summed E-state index contributed by atoms with van der Waals surface area (Å²) in [6.07, 6.45) is 0.117. The lowest BCUT2D eigenvalue weighted by Crippen LogP contribution is -2.63. The van der Waals surface area contributed by atoms with E-state index in [1.807, 2.05) is 0 Å². The Morgan fingerprint density at radius 2 is 2.05 bits per heavy atom. The van der Waals surface area contributed by atoms with E-state index in [4.69, 9.17) is 9.47 Å². The molecule has 0 unspecified atom stereocenters. The second kappa shape index (κ2) is 9.43. The third-order valence-electron chi connectivity index (χ3n) is 6.87. The Kier molecular flexibility index (Phi) is 6.35. The molecule has 16 heteroatoms. The second-order valence-corrected chi connectivity index (χ2v) is 12.1. The zero-order valence-electron chi connectivity index (χ0n) is 19.5. The second-order valence-electron chi connectivity index (χ2n) is 9.37. The van der Waals surface area contributed by atoms with Gasteiger partial charge in [0.25, 0.3) is 6.43 Å². The van der Waals surface area contributed by atoms with E-state index in [1.54, 1.807) is 12.3 Å². The molecule has 3 aliphatic rings. The number of piperazine rings is 1. The monoisotopic (exact) mass is 559 g/mol. The number of alkyl halides is 3. The van der Waals surface area contributed by atoms with Crippen molar-refractivity contribution < 1.29 is 31.1 Å². The third kappa shape index (κ3) is 4.48. The Bertz CT molecular complexity index is 1410. The molecule has 200 valence electrons. The highest BCUT2D eigenvalue weighted by Gasteiger charge is 2.43. The van der Waals surface area contributed by atoms with E-state index >= 15 is 0 Å². The van der Waals surface area contributed by atoms with Crippen molar-refractivity contribution >= 4 is 32.6 Å². The molecule has 0 amide bonds. The fourth-order valence-corrected chi connectivity index (χ4v) is 6.91. The average Bonchev–Trinajstić information content (AvgIpc) is 3.53. The number of halogens is 3. The fraction of sp³-hybridized carbons (Fsp3) is 0.571. The molecule has 0 saturated carbocycles. The number of nitrogens with zero attached hydrogens (tertiary/aromatic N) is 6. The zero-order valence-corrected chi connectivity index (χ0v) is 21.2. The van der Waals surface area contributed by atoms with E-state index in [9.17, 15) is 21.6 Å². The molecule has 0 radical (unpaired) electrons. The van der Waals surface area contributed by atoms with Crippen molar-refractivity contribution in [1.82, 2.24) is 29.2 Å². The van der Waals surface area contributed by atoms with Crippen LogP contribution in [0.4, 0.5) is 18.9 Å². The molecule has 1 atom stereocenters. The standard InChI is InChI=1S/C21H24F3N7O4S2/c22-10-21(11-35-12-21)28-37(32,33)14-5-15(30-2-1-29-3-4-34-9-13(29)7-30)16-6-25-18(31(16)8-14)20-27-26-19(36-20)17(23)24/h5-6,8,13,17,28H,1-4,7,9-12H2/t13-/m1/s1. The normalized spacial score (nSPS) is 22.4. The van der Waals surface area contributed by atoms with E-state index in [2.05, 4.69) is 29.7 Å². The van der Waals surface area contributed by atoms with Crippen LogP contribution in [0, 0.1) is 0 Å². The maximum Gasteiger partial charge on any atom is 0.291 e. The van der Waals surface area contributed by atoms with Gasteiger partial charge in [0, 0.05) is 32.4 Å². The molecule has 0 aromatic carbocycles. The Hall–Kier alpha value is -2.37. The van der Waals surface area contributed by atoms with E-state index < -0.39 is 33.7 Å². The van der Waals surface area contributed by atoms with Crippen molar-refractivity contribution in [3.63, 3.8) is 0 Å². The zero-order chi connectivity index (χ0) is 25.8. The van der Waals surface area contributed by atoms with Gasteiger partial charge in [-0.3, -0.25) is 9.30 Å². The smallest absolute Gasteiger partial charge is 0.291 e. The summed E-state index contributed by atoms with van der Waals surface area (Å²) in [7, 11) is -4.18. The topological polar surface area (TPSA) is 114 Å². The molecule has 0 aliphatic carbocycles. The van der Waals surface area contributed by atoms with Gasteiger partial charge in [0.15, 0.2) is 15.8 Å². The van der Waals surface area contributed by atoms with Gasteiger partial charge in [0.05, 0.1) is 49.9 Å². The summed E-state index contributed by atoms with van der Waals surface area (Å²) in [5.74, 6) is 0.185. The molecule has 11 nitrogen and oxygen atoms in total. The van der Waals surface area contributed by atoms with Gasteiger partial charge >= 0.3 is 0 Å². The summed E-state index contributed by atoms with van der Waals surface area (Å²) in [5, 5.41) is 7.05. The van der Waals surface area contributed by atoms with Crippen LogP contribution < -0.4 is 9.62 Å². The molecule has 3 fully saturated rings. The quantitative estimate of drug-likeness (QED) is 0.458. The molecule has 6 rings (SSSR count). The minimum absolute atomic E-state index is 0.0705. The largest absolute Gasteiger partial charge is 0.378 e. The highest BCUT2D eigenvalue weighted by atomic mass is 32.2. The Morgan fingerprint density at radius 3 is 2.76 bits per heavy atom. The first-order valence-electron chi connectivity index (χ1n) is 11.7. The first kappa shape index (κ1) is 24.9. The molecule has 1 N–H and O–H groups in total. The number of pyridine rings is 1. The van der Waals surface area contributed by atoms with Crippen molar-refractivity contribution in [2.24, 2.45) is 0 Å². The van der Waals surface area contributed by atoms with Crippen LogP contribution in [0.25, 0.3) is 16.3 Å². The Labute approximate surface area is 214 Å². The van der Waals surface area contributed by atoms with Gasteiger partial charge in [-0.2, -0.15) is 4.72 Å². The van der Waals surface area contributed by atoms with Gasteiger partial charge in [-0.1, -0.05) is 11.3 Å². The van der Waals surface area contributed by atoms with Gasteiger partial charge in [0.1, 0.15) is 17.1 Å². The number of anilines is 1. The van der Waals surface area contributed by atoms with Crippen LogP contribution in [0.5, 0.6) is 0 Å². The number of rotatable bonds is 7. The summed E-state index contributed by atoms with van der Waals surface area (Å²) in [6.45, 7) is 3.03. The van der Waals surface area contributed by atoms with Crippen molar-refractivity contribution in [2.45, 2.75) is 22.9 Å². The van der Waals surface area contributed by atoms with Crippen LogP contribution in [-0.4, -0.2) is 104 Å². The first-order valence-corrected chi connectivity index (χ1v) is 14.0. The summed E-state index contributed by atoms with van der Waals surface area (Å²) >= 11 is 0.686. The molecular formula is C21H24F3N7O4S2. The Morgan fingerprint density at radius 1 is 1.22 bits per heavy atom. The average molecular weight is 560 g/mol. The third-order valence-corrected chi connectivity index (χ3v) is 9.34. The molecule has 3 saturated heterocycles. The molecular weight excluding hydrogens is 535 g/mol. The number of sulfonamides is 1. The van der Waals surface area contributed by atoms with Crippen molar-refractivity contribution in [2.75, 3.05) is 64.2 Å². The molecule has 37 heavy (non-hydrogen) atoms. The number of morpholine rings is 1. The van der Waals surface area contributed by atoms with E-state index in [0.717, 1.165) is 13.1 Å². The maximum atomic E-state index is 13.7. The maximum absolute atomic E-state index is 13.7. The van der Waals surface area contributed by atoms with Crippen LogP contribution in [0.3, 0.4) is 0 Å². The van der Waals surface area contributed by atoms with Gasteiger partial charge in [0.2, 0.25) is 10.0 Å². The van der Waals surface area contributed by atoms with Crippen LogP contribution in [0.2, 0.25) is 0 Å². The first-order chi connectivity index (χ1) is 17.8. The molecule has 3 aromatic rings. The summed E-state index contributed by atoms with van der Waals surface area (Å²) in [4.78, 5) is 8.68. The minimum Gasteiger partial charge on any atom is -0.378 e. The predicted molar refractivity (Wildman–Crippen MR) is 127 cm³/mol. The molecule has 3 aromatic heterocycles. The lowest BCUT2D eigenvalue weighted by atomic mass is 10.0. The number of aromatic nitrogens is 4. The number of fused-ring (bicyclic) bond motifs is 2. The summed E-state index contributed by atoms with van der Waals surface area (Å²) in [6, 6.07) is 1.68. The van der Waals surface area contributed by atoms with Crippen molar-refractivity contribution in [3.05, 3.63) is 23.5 Å². The number of imidazole rings is 1. The number of hydrogen-bond acceptors (Lipinski definition) is 10. The van der Waals surface area contributed by atoms with Gasteiger partial charge in [-0.25, -0.2) is 26.6 Å². The van der Waals surface area contributed by atoms with E-state index in [1.165, 1.54) is 10.6 Å². The predicted octanol–water partition coefficient (Wildman–Crippen LogP) is 1.33. The Balaban J connectivity index is 1.45. The number of ether oxygens (including phenoxy) is 2. The van der Waals surface area contributed by atoms with Gasteiger partial charge in [-0.05, 0) is 6.07 Å². The van der Waals surface area contributed by atoms with Gasteiger partial charge < -0.3 is 14.4 Å². The highest BCUT2D eigenvalue weighted by molar-refractivity contribution is 7.89. The highest BCUT2D eigenvalue weighted by Crippen LogP contribution is 2.34. The van der Waals surface area contributed by atoms with Crippen LogP contribution in [0.1, 0.15) is 11.4 Å². The van der Waals surface area contributed by atoms with E-state index in [-0.39, 0.29) is 35.0 Å². The van der Waals surface area contributed by atoms with Crippen molar-refractivity contribution in [3.8, 4) is 10.8 Å². The number of nitrogens with one attached hydrogen (secondary N) is 1. The van der Waals surface area contributed by atoms with Crippen LogP contribution in [0.15, 0.2) is 23.4 Å². The van der Waals surface area contributed by atoms with Crippen LogP contribution >= 0.6 is 11.3 Å². The lowest BCUT2D eigenvalue weighted by molar-refractivity contribution is -0.0725. The molecule has 0 spiro atoms. The SMILES string of the molecule is O=S(=O)(NC1(CF)COC1)c1cc(N2CCN3CCOC[C@H]3C2)c2cnc(-c3nnc(C(F)F)s3)n2c1. The van der Waals surface area contributed by atoms with E-state index in [0.29, 0.717) is 48.8 Å². The number of hydrogen-bond donors (Lipinski definition) is 1.